The SMILES string of the molecule is O=C(CCS(=O)(=O)c1ccccc1)N1CCCCCC1. The van der Waals surface area contributed by atoms with E-state index in [1.54, 1.807) is 30.3 Å². The van der Waals surface area contributed by atoms with Crippen molar-refractivity contribution in [2.45, 2.75) is 37.0 Å². The number of carbonyl (C=O) groups is 1. The van der Waals surface area contributed by atoms with Crippen LogP contribution in [0.15, 0.2) is 35.2 Å². The van der Waals surface area contributed by atoms with Crippen molar-refractivity contribution in [1.29, 1.82) is 0 Å². The number of likely N-dealkylation sites (tertiary alicyclic amines) is 1. The number of hydrogen-bond donors (Lipinski definition) is 0. The molecule has 20 heavy (non-hydrogen) atoms. The minimum absolute atomic E-state index is 0.0357. The Morgan fingerprint density at radius 2 is 1.60 bits per heavy atom. The Bertz CT molecular complexity index is 531. The quantitative estimate of drug-likeness (QED) is 0.856. The van der Waals surface area contributed by atoms with Crippen LogP contribution in [0, 0.1) is 0 Å². The number of amides is 1. The number of benzene rings is 1. The van der Waals surface area contributed by atoms with E-state index in [0.29, 0.717) is 4.90 Å². The molecule has 1 aliphatic heterocycles. The molecule has 2 rings (SSSR count). The van der Waals surface area contributed by atoms with Gasteiger partial charge in [0.2, 0.25) is 5.91 Å². The van der Waals surface area contributed by atoms with Gasteiger partial charge in [-0.25, -0.2) is 8.42 Å². The Morgan fingerprint density at radius 3 is 2.20 bits per heavy atom. The summed E-state index contributed by atoms with van der Waals surface area (Å²) in [4.78, 5) is 14.2. The van der Waals surface area contributed by atoms with Gasteiger partial charge in [-0.3, -0.25) is 4.79 Å². The first-order chi connectivity index (χ1) is 9.59. The molecular formula is C15H21NO3S. The second-order valence-electron chi connectivity index (χ2n) is 5.18. The third-order valence-corrected chi connectivity index (χ3v) is 5.38. The van der Waals surface area contributed by atoms with Gasteiger partial charge >= 0.3 is 0 Å². The van der Waals surface area contributed by atoms with Crippen molar-refractivity contribution < 1.29 is 13.2 Å². The lowest BCUT2D eigenvalue weighted by Crippen LogP contribution is -2.33. The van der Waals surface area contributed by atoms with E-state index in [0.717, 1.165) is 38.8 Å². The monoisotopic (exact) mass is 295 g/mol. The van der Waals surface area contributed by atoms with Crippen molar-refractivity contribution in [3.05, 3.63) is 30.3 Å². The summed E-state index contributed by atoms with van der Waals surface area (Å²) >= 11 is 0. The molecule has 1 aromatic rings. The average Bonchev–Trinajstić information content (AvgIpc) is 2.75. The van der Waals surface area contributed by atoms with E-state index in [9.17, 15) is 13.2 Å². The van der Waals surface area contributed by atoms with Gasteiger partial charge in [-0.15, -0.1) is 0 Å². The molecule has 1 heterocycles. The Morgan fingerprint density at radius 1 is 1.00 bits per heavy atom. The normalized spacial score (nSPS) is 16.7. The average molecular weight is 295 g/mol. The highest BCUT2D eigenvalue weighted by atomic mass is 32.2. The summed E-state index contributed by atoms with van der Waals surface area (Å²) in [5.41, 5.74) is 0. The summed E-state index contributed by atoms with van der Waals surface area (Å²) in [6.07, 6.45) is 4.45. The highest BCUT2D eigenvalue weighted by Crippen LogP contribution is 2.14. The minimum atomic E-state index is -3.35. The number of nitrogens with zero attached hydrogens (tertiary/aromatic N) is 1. The van der Waals surface area contributed by atoms with Crippen LogP contribution < -0.4 is 0 Å². The zero-order chi connectivity index (χ0) is 14.4. The van der Waals surface area contributed by atoms with Crippen molar-refractivity contribution in [3.63, 3.8) is 0 Å². The fourth-order valence-corrected chi connectivity index (χ4v) is 3.70. The lowest BCUT2D eigenvalue weighted by atomic mass is 10.2. The Hall–Kier alpha value is -1.36. The molecular weight excluding hydrogens is 274 g/mol. The van der Waals surface area contributed by atoms with Gasteiger partial charge in [-0.2, -0.15) is 0 Å². The molecule has 1 aliphatic rings. The summed E-state index contributed by atoms with van der Waals surface area (Å²) in [6.45, 7) is 1.54. The van der Waals surface area contributed by atoms with Crippen molar-refractivity contribution in [2.75, 3.05) is 18.8 Å². The molecule has 1 fully saturated rings. The number of rotatable bonds is 4. The molecule has 0 radical (unpaired) electrons. The Labute approximate surface area is 120 Å². The van der Waals surface area contributed by atoms with Crippen LogP contribution in [-0.4, -0.2) is 38.1 Å². The van der Waals surface area contributed by atoms with Crippen molar-refractivity contribution in [1.82, 2.24) is 4.90 Å². The summed E-state index contributed by atoms with van der Waals surface area (Å²) in [5.74, 6) is -0.141. The Balaban J connectivity index is 1.92. The zero-order valence-corrected chi connectivity index (χ0v) is 12.4. The van der Waals surface area contributed by atoms with Gasteiger partial charge in [0.15, 0.2) is 9.84 Å². The molecule has 0 N–H and O–H groups in total. The van der Waals surface area contributed by atoms with Gasteiger partial charge in [0.1, 0.15) is 0 Å². The van der Waals surface area contributed by atoms with Crippen molar-refractivity contribution >= 4 is 15.7 Å². The molecule has 1 amide bonds. The number of carbonyl (C=O) groups excluding carboxylic acids is 1. The first-order valence-corrected chi connectivity index (χ1v) is 8.80. The van der Waals surface area contributed by atoms with E-state index in [1.165, 1.54) is 0 Å². The summed E-state index contributed by atoms with van der Waals surface area (Å²) in [7, 11) is -3.35. The third kappa shape index (κ3) is 4.07. The first-order valence-electron chi connectivity index (χ1n) is 7.15. The zero-order valence-electron chi connectivity index (χ0n) is 11.6. The lowest BCUT2D eigenvalue weighted by molar-refractivity contribution is -0.130. The summed E-state index contributed by atoms with van der Waals surface area (Å²) in [6, 6.07) is 8.33. The molecule has 0 aromatic heterocycles. The smallest absolute Gasteiger partial charge is 0.223 e. The maximum atomic E-state index is 12.1. The van der Waals surface area contributed by atoms with Crippen LogP contribution in [0.1, 0.15) is 32.1 Å². The van der Waals surface area contributed by atoms with E-state index >= 15 is 0 Å². The number of sulfone groups is 1. The molecule has 110 valence electrons. The fraction of sp³-hybridized carbons (Fsp3) is 0.533. The van der Waals surface area contributed by atoms with Gasteiger partial charge in [-0.1, -0.05) is 31.0 Å². The first kappa shape index (κ1) is 15.0. The summed E-state index contributed by atoms with van der Waals surface area (Å²) in [5, 5.41) is 0. The molecule has 0 unspecified atom stereocenters. The highest BCUT2D eigenvalue weighted by molar-refractivity contribution is 7.91. The van der Waals surface area contributed by atoms with Crippen LogP contribution in [0.4, 0.5) is 0 Å². The molecule has 0 aliphatic carbocycles. The second kappa shape index (κ2) is 6.88. The molecule has 0 bridgehead atoms. The van der Waals surface area contributed by atoms with E-state index in [-0.39, 0.29) is 18.1 Å². The maximum absolute atomic E-state index is 12.1. The van der Waals surface area contributed by atoms with Crippen LogP contribution in [0.25, 0.3) is 0 Å². The molecule has 0 spiro atoms. The standard InChI is InChI=1S/C15H21NO3S/c17-15(16-11-6-1-2-7-12-16)10-13-20(18,19)14-8-4-3-5-9-14/h3-5,8-9H,1-2,6-7,10-13H2. The van der Waals surface area contributed by atoms with Gasteiger partial charge in [-0.05, 0) is 25.0 Å². The largest absolute Gasteiger partial charge is 0.343 e. The van der Waals surface area contributed by atoms with Gasteiger partial charge in [0.05, 0.1) is 10.6 Å². The van der Waals surface area contributed by atoms with Crippen molar-refractivity contribution in [3.8, 4) is 0 Å². The molecule has 5 heteroatoms. The van der Waals surface area contributed by atoms with E-state index in [4.69, 9.17) is 0 Å². The third-order valence-electron chi connectivity index (χ3n) is 3.65. The van der Waals surface area contributed by atoms with Gasteiger partial charge in [0.25, 0.3) is 0 Å². The lowest BCUT2D eigenvalue weighted by Gasteiger charge is -2.20. The Kier molecular flexibility index (Phi) is 5.17. The molecule has 0 saturated carbocycles. The van der Waals surface area contributed by atoms with Crippen molar-refractivity contribution in [2.24, 2.45) is 0 Å². The van der Waals surface area contributed by atoms with Crippen LogP contribution in [0.2, 0.25) is 0 Å². The van der Waals surface area contributed by atoms with Crippen LogP contribution >= 0.6 is 0 Å². The van der Waals surface area contributed by atoms with Crippen LogP contribution in [0.3, 0.4) is 0 Å². The highest BCUT2D eigenvalue weighted by Gasteiger charge is 2.20. The molecule has 0 atom stereocenters. The van der Waals surface area contributed by atoms with Crippen LogP contribution in [-0.2, 0) is 14.6 Å². The minimum Gasteiger partial charge on any atom is -0.343 e. The van der Waals surface area contributed by atoms with E-state index in [1.807, 2.05) is 4.90 Å². The second-order valence-corrected chi connectivity index (χ2v) is 7.29. The van der Waals surface area contributed by atoms with Gasteiger partial charge in [0, 0.05) is 19.5 Å². The predicted octanol–water partition coefficient (Wildman–Crippen LogP) is 2.25. The van der Waals surface area contributed by atoms with E-state index in [2.05, 4.69) is 0 Å². The maximum Gasteiger partial charge on any atom is 0.223 e. The van der Waals surface area contributed by atoms with Gasteiger partial charge < -0.3 is 4.90 Å². The fourth-order valence-electron chi connectivity index (χ4n) is 2.45. The van der Waals surface area contributed by atoms with E-state index < -0.39 is 9.84 Å². The topological polar surface area (TPSA) is 54.5 Å². The molecule has 1 saturated heterocycles. The predicted molar refractivity (Wildman–Crippen MR) is 78.2 cm³/mol. The summed E-state index contributed by atoms with van der Waals surface area (Å²) < 4.78 is 24.2. The molecule has 1 aromatic carbocycles. The van der Waals surface area contributed by atoms with Crippen LogP contribution in [0.5, 0.6) is 0 Å². The number of hydrogen-bond acceptors (Lipinski definition) is 3. The molecule has 4 nitrogen and oxygen atoms in total.